The van der Waals surface area contributed by atoms with E-state index in [2.05, 4.69) is 5.32 Å². The summed E-state index contributed by atoms with van der Waals surface area (Å²) >= 11 is 0. The number of hydrogen-bond donors (Lipinski definition) is 2. The SMILES string of the molecule is CCc1cccc(CC)c1NC(=O)CC(=O)O. The molecule has 1 rings (SSSR count). The van der Waals surface area contributed by atoms with Crippen LogP contribution in [-0.4, -0.2) is 17.0 Å². The van der Waals surface area contributed by atoms with Crippen molar-refractivity contribution in [2.24, 2.45) is 0 Å². The number of carbonyl (C=O) groups excluding carboxylic acids is 1. The van der Waals surface area contributed by atoms with Gasteiger partial charge in [0.15, 0.2) is 0 Å². The largest absolute Gasteiger partial charge is 0.481 e. The van der Waals surface area contributed by atoms with Crippen molar-refractivity contribution in [3.63, 3.8) is 0 Å². The molecular formula is C13H17NO3. The highest BCUT2D eigenvalue weighted by Gasteiger charge is 2.12. The summed E-state index contributed by atoms with van der Waals surface area (Å²) in [6.45, 7) is 4.00. The molecule has 1 aromatic carbocycles. The molecule has 17 heavy (non-hydrogen) atoms. The summed E-state index contributed by atoms with van der Waals surface area (Å²) < 4.78 is 0. The van der Waals surface area contributed by atoms with Crippen LogP contribution in [-0.2, 0) is 22.4 Å². The standard InChI is InChI=1S/C13H17NO3/c1-3-9-6-5-7-10(4-2)13(9)14-11(15)8-12(16)17/h5-7H,3-4,8H2,1-2H3,(H,14,15)(H,16,17). The van der Waals surface area contributed by atoms with Crippen LogP contribution in [0.1, 0.15) is 31.4 Å². The van der Waals surface area contributed by atoms with Gasteiger partial charge >= 0.3 is 5.97 Å². The highest BCUT2D eigenvalue weighted by Crippen LogP contribution is 2.22. The molecule has 0 aliphatic rings. The minimum absolute atomic E-state index is 0.479. The third kappa shape index (κ3) is 3.59. The zero-order valence-corrected chi connectivity index (χ0v) is 10.1. The smallest absolute Gasteiger partial charge is 0.312 e. The predicted molar refractivity (Wildman–Crippen MR) is 66.1 cm³/mol. The number of nitrogens with one attached hydrogen (secondary N) is 1. The maximum Gasteiger partial charge on any atom is 0.312 e. The van der Waals surface area contributed by atoms with Crippen LogP contribution in [0.2, 0.25) is 0 Å². The first-order valence-corrected chi connectivity index (χ1v) is 5.70. The number of aryl methyl sites for hydroxylation is 2. The number of hydrogen-bond acceptors (Lipinski definition) is 2. The number of anilines is 1. The molecule has 0 aromatic heterocycles. The molecule has 0 saturated carbocycles. The van der Waals surface area contributed by atoms with Gasteiger partial charge in [0.1, 0.15) is 6.42 Å². The number of benzene rings is 1. The third-order valence-electron chi connectivity index (χ3n) is 2.58. The highest BCUT2D eigenvalue weighted by atomic mass is 16.4. The molecule has 2 N–H and O–H groups in total. The van der Waals surface area contributed by atoms with Gasteiger partial charge in [-0.25, -0.2) is 0 Å². The van der Waals surface area contributed by atoms with Crippen LogP contribution < -0.4 is 5.32 Å². The number of carboxylic acids is 1. The first-order chi connectivity index (χ1) is 8.08. The Labute approximate surface area is 101 Å². The molecule has 0 bridgehead atoms. The van der Waals surface area contributed by atoms with Crippen molar-refractivity contribution in [2.75, 3.05) is 5.32 Å². The second-order valence-corrected chi connectivity index (χ2v) is 3.78. The molecule has 1 aromatic rings. The lowest BCUT2D eigenvalue weighted by atomic mass is 10.0. The van der Waals surface area contributed by atoms with Gasteiger partial charge in [0.25, 0.3) is 0 Å². The van der Waals surface area contributed by atoms with E-state index in [0.29, 0.717) is 0 Å². The monoisotopic (exact) mass is 235 g/mol. The van der Waals surface area contributed by atoms with Crippen LogP contribution in [0.3, 0.4) is 0 Å². The molecular weight excluding hydrogens is 218 g/mol. The Morgan fingerprint density at radius 2 is 1.71 bits per heavy atom. The Bertz CT molecular complexity index is 404. The summed E-state index contributed by atoms with van der Waals surface area (Å²) in [5, 5.41) is 11.2. The van der Waals surface area contributed by atoms with Gasteiger partial charge in [0.05, 0.1) is 0 Å². The minimum atomic E-state index is -1.12. The lowest BCUT2D eigenvalue weighted by molar-refractivity contribution is -0.139. The maximum atomic E-state index is 11.5. The Morgan fingerprint density at radius 3 is 2.12 bits per heavy atom. The van der Waals surface area contributed by atoms with E-state index in [1.54, 1.807) is 0 Å². The fourth-order valence-corrected chi connectivity index (χ4v) is 1.72. The molecule has 92 valence electrons. The zero-order valence-electron chi connectivity index (χ0n) is 10.1. The van der Waals surface area contributed by atoms with E-state index >= 15 is 0 Å². The van der Waals surface area contributed by atoms with Crippen molar-refractivity contribution >= 4 is 17.6 Å². The Hall–Kier alpha value is -1.84. The fourth-order valence-electron chi connectivity index (χ4n) is 1.72. The van der Waals surface area contributed by atoms with Gasteiger partial charge in [-0.05, 0) is 24.0 Å². The number of para-hydroxylation sites is 1. The van der Waals surface area contributed by atoms with Gasteiger partial charge in [-0.2, -0.15) is 0 Å². The van der Waals surface area contributed by atoms with Crippen molar-refractivity contribution in [1.29, 1.82) is 0 Å². The van der Waals surface area contributed by atoms with Crippen molar-refractivity contribution in [3.05, 3.63) is 29.3 Å². The van der Waals surface area contributed by atoms with Crippen molar-refractivity contribution < 1.29 is 14.7 Å². The van der Waals surface area contributed by atoms with Crippen molar-refractivity contribution in [2.45, 2.75) is 33.1 Å². The van der Waals surface area contributed by atoms with E-state index in [1.807, 2.05) is 32.0 Å². The van der Waals surface area contributed by atoms with E-state index in [4.69, 9.17) is 5.11 Å². The van der Waals surface area contributed by atoms with Crippen LogP contribution in [0, 0.1) is 0 Å². The number of carboxylic acid groups (broad SMARTS) is 1. The molecule has 4 heteroatoms. The molecule has 0 saturated heterocycles. The van der Waals surface area contributed by atoms with E-state index in [0.717, 1.165) is 29.7 Å². The summed E-state index contributed by atoms with van der Waals surface area (Å²) in [5.74, 6) is -1.59. The summed E-state index contributed by atoms with van der Waals surface area (Å²) in [6.07, 6.45) is 1.11. The lowest BCUT2D eigenvalue weighted by Gasteiger charge is -2.13. The highest BCUT2D eigenvalue weighted by molar-refractivity contribution is 6.02. The molecule has 0 aliphatic heterocycles. The predicted octanol–water partition coefficient (Wildman–Crippen LogP) is 2.22. The van der Waals surface area contributed by atoms with Crippen LogP contribution in [0.4, 0.5) is 5.69 Å². The quantitative estimate of drug-likeness (QED) is 0.769. The van der Waals surface area contributed by atoms with Crippen LogP contribution in [0.5, 0.6) is 0 Å². The van der Waals surface area contributed by atoms with Gasteiger partial charge in [0, 0.05) is 5.69 Å². The topological polar surface area (TPSA) is 66.4 Å². The Kier molecular flexibility index (Phi) is 4.69. The molecule has 1 amide bonds. The molecule has 0 unspecified atom stereocenters. The molecule has 0 heterocycles. The van der Waals surface area contributed by atoms with Gasteiger partial charge in [0.2, 0.25) is 5.91 Å². The van der Waals surface area contributed by atoms with Gasteiger partial charge in [-0.15, -0.1) is 0 Å². The average molecular weight is 235 g/mol. The molecule has 0 atom stereocenters. The van der Waals surface area contributed by atoms with E-state index in [1.165, 1.54) is 0 Å². The van der Waals surface area contributed by atoms with Crippen LogP contribution in [0.25, 0.3) is 0 Å². The molecule has 0 spiro atoms. The Balaban J connectivity index is 2.95. The summed E-state index contributed by atoms with van der Waals surface area (Å²) in [7, 11) is 0. The van der Waals surface area contributed by atoms with Crippen LogP contribution in [0.15, 0.2) is 18.2 Å². The Morgan fingerprint density at radius 1 is 1.18 bits per heavy atom. The molecule has 0 aliphatic carbocycles. The van der Waals surface area contributed by atoms with Gasteiger partial charge in [-0.1, -0.05) is 32.0 Å². The zero-order chi connectivity index (χ0) is 12.8. The minimum Gasteiger partial charge on any atom is -0.481 e. The molecule has 0 fully saturated rings. The summed E-state index contributed by atoms with van der Waals surface area (Å²) in [5.41, 5.74) is 2.83. The summed E-state index contributed by atoms with van der Waals surface area (Å²) in [6, 6.07) is 5.83. The van der Waals surface area contributed by atoms with E-state index < -0.39 is 18.3 Å². The molecule has 0 radical (unpaired) electrons. The second-order valence-electron chi connectivity index (χ2n) is 3.78. The number of rotatable bonds is 5. The average Bonchev–Trinajstić information content (AvgIpc) is 2.28. The maximum absolute atomic E-state index is 11.5. The first-order valence-electron chi connectivity index (χ1n) is 5.70. The first kappa shape index (κ1) is 13.2. The van der Waals surface area contributed by atoms with E-state index in [9.17, 15) is 9.59 Å². The number of aliphatic carboxylic acids is 1. The number of carbonyl (C=O) groups is 2. The van der Waals surface area contributed by atoms with Crippen LogP contribution >= 0.6 is 0 Å². The lowest BCUT2D eigenvalue weighted by Crippen LogP contribution is -2.18. The third-order valence-corrected chi connectivity index (χ3v) is 2.58. The van der Waals surface area contributed by atoms with Crippen molar-refractivity contribution in [3.8, 4) is 0 Å². The normalized spacial score (nSPS) is 10.0. The van der Waals surface area contributed by atoms with Gasteiger partial charge in [-0.3, -0.25) is 9.59 Å². The second kappa shape index (κ2) is 6.03. The van der Waals surface area contributed by atoms with E-state index in [-0.39, 0.29) is 0 Å². The molecule has 4 nitrogen and oxygen atoms in total. The summed E-state index contributed by atoms with van der Waals surface area (Å²) in [4.78, 5) is 21.9. The number of amides is 1. The fraction of sp³-hybridized carbons (Fsp3) is 0.385. The van der Waals surface area contributed by atoms with Crippen molar-refractivity contribution in [1.82, 2.24) is 0 Å². The van der Waals surface area contributed by atoms with Gasteiger partial charge < -0.3 is 10.4 Å².